The maximum atomic E-state index is 9.50. The van der Waals surface area contributed by atoms with Crippen LogP contribution in [-0.4, -0.2) is 23.4 Å². The highest BCUT2D eigenvalue weighted by molar-refractivity contribution is 5.08. The van der Waals surface area contributed by atoms with Crippen LogP contribution < -0.4 is 0 Å². The summed E-state index contributed by atoms with van der Waals surface area (Å²) in [5.41, 5.74) is -0.101. The lowest BCUT2D eigenvalue weighted by atomic mass is 9.66. The third kappa shape index (κ3) is 0.938. The molecule has 3 rings (SSSR count). The Morgan fingerprint density at radius 1 is 1.07 bits per heavy atom. The van der Waals surface area contributed by atoms with Crippen LogP contribution in [0.4, 0.5) is 0 Å². The first-order valence-corrected chi connectivity index (χ1v) is 6.02. The van der Waals surface area contributed by atoms with Gasteiger partial charge < -0.3 is 10.2 Å². The molecule has 2 bridgehead atoms. The molecule has 3 saturated carbocycles. The van der Waals surface area contributed by atoms with Crippen molar-refractivity contribution >= 4 is 0 Å². The van der Waals surface area contributed by atoms with Crippen LogP contribution in [0.1, 0.15) is 32.1 Å². The molecule has 0 aromatic carbocycles. The molecule has 0 aliphatic heterocycles. The van der Waals surface area contributed by atoms with E-state index in [2.05, 4.69) is 0 Å². The van der Waals surface area contributed by atoms with E-state index in [9.17, 15) is 10.2 Å². The Hall–Kier alpha value is -0.0800. The predicted molar refractivity (Wildman–Crippen MR) is 53.6 cm³/mol. The maximum Gasteiger partial charge on any atom is 0.0512 e. The monoisotopic (exact) mass is 196 g/mol. The number of rotatable bonds is 2. The van der Waals surface area contributed by atoms with Crippen molar-refractivity contribution in [2.45, 2.75) is 32.1 Å². The van der Waals surface area contributed by atoms with E-state index in [-0.39, 0.29) is 18.6 Å². The Bertz CT molecular complexity index is 234. The van der Waals surface area contributed by atoms with Crippen LogP contribution in [0.2, 0.25) is 0 Å². The van der Waals surface area contributed by atoms with E-state index in [1.807, 2.05) is 0 Å². The first kappa shape index (κ1) is 9.17. The van der Waals surface area contributed by atoms with Crippen molar-refractivity contribution in [3.63, 3.8) is 0 Å². The van der Waals surface area contributed by atoms with Crippen molar-refractivity contribution < 1.29 is 10.2 Å². The number of aliphatic hydroxyl groups is 2. The number of hydrogen-bond donors (Lipinski definition) is 2. The molecule has 3 aliphatic rings. The molecule has 14 heavy (non-hydrogen) atoms. The van der Waals surface area contributed by atoms with Crippen LogP contribution in [0.15, 0.2) is 0 Å². The van der Waals surface area contributed by atoms with Gasteiger partial charge in [-0.15, -0.1) is 0 Å². The first-order valence-electron chi connectivity index (χ1n) is 6.02. The minimum absolute atomic E-state index is 0.101. The summed E-state index contributed by atoms with van der Waals surface area (Å²) in [4.78, 5) is 0. The van der Waals surface area contributed by atoms with Gasteiger partial charge >= 0.3 is 0 Å². The molecule has 0 aromatic rings. The summed E-state index contributed by atoms with van der Waals surface area (Å²) in [7, 11) is 0. The van der Waals surface area contributed by atoms with Gasteiger partial charge in [0.2, 0.25) is 0 Å². The summed E-state index contributed by atoms with van der Waals surface area (Å²) in [5.74, 6) is 3.25. The van der Waals surface area contributed by atoms with Crippen molar-refractivity contribution in [3.05, 3.63) is 0 Å². The summed E-state index contributed by atoms with van der Waals surface area (Å²) in [6.45, 7) is 0.405. The van der Waals surface area contributed by atoms with Gasteiger partial charge in [0.1, 0.15) is 0 Å². The van der Waals surface area contributed by atoms with Crippen LogP contribution >= 0.6 is 0 Å². The normalized spacial score (nSPS) is 48.4. The van der Waals surface area contributed by atoms with Gasteiger partial charge in [-0.05, 0) is 49.4 Å². The highest BCUT2D eigenvalue weighted by Gasteiger charge is 2.60. The van der Waals surface area contributed by atoms with Crippen LogP contribution in [-0.2, 0) is 0 Å². The maximum absolute atomic E-state index is 9.50. The van der Waals surface area contributed by atoms with E-state index in [4.69, 9.17) is 0 Å². The number of aliphatic hydroxyl groups excluding tert-OH is 2. The summed E-state index contributed by atoms with van der Waals surface area (Å²) in [6, 6.07) is 0. The Balaban J connectivity index is 1.89. The molecular formula is C12H20O2. The Morgan fingerprint density at radius 2 is 1.79 bits per heavy atom. The molecule has 4 atom stereocenters. The molecule has 0 spiro atoms. The van der Waals surface area contributed by atoms with Crippen LogP contribution in [0, 0.1) is 29.1 Å². The van der Waals surface area contributed by atoms with Crippen LogP contribution in [0.3, 0.4) is 0 Å². The van der Waals surface area contributed by atoms with Gasteiger partial charge in [-0.2, -0.15) is 0 Å². The largest absolute Gasteiger partial charge is 0.396 e. The zero-order valence-corrected chi connectivity index (χ0v) is 8.65. The van der Waals surface area contributed by atoms with Gasteiger partial charge in [-0.1, -0.05) is 6.42 Å². The zero-order chi connectivity index (χ0) is 9.76. The molecule has 2 nitrogen and oxygen atoms in total. The predicted octanol–water partition coefficient (Wildman–Crippen LogP) is 1.41. The van der Waals surface area contributed by atoms with Crippen molar-refractivity contribution in [2.75, 3.05) is 13.2 Å². The second-order valence-corrected chi connectivity index (χ2v) is 5.74. The molecule has 3 fully saturated rings. The molecule has 0 aromatic heterocycles. The molecule has 0 saturated heterocycles. The molecule has 2 N–H and O–H groups in total. The van der Waals surface area contributed by atoms with E-state index in [1.54, 1.807) is 0 Å². The first-order chi connectivity index (χ1) is 6.80. The summed E-state index contributed by atoms with van der Waals surface area (Å²) < 4.78 is 0. The SMILES string of the molecule is OCC1(CO)CC2CC1C1CCCC21. The minimum Gasteiger partial charge on any atom is -0.396 e. The quantitative estimate of drug-likeness (QED) is 0.701. The van der Waals surface area contributed by atoms with E-state index in [0.29, 0.717) is 5.92 Å². The van der Waals surface area contributed by atoms with Gasteiger partial charge in [0.15, 0.2) is 0 Å². The van der Waals surface area contributed by atoms with Gasteiger partial charge in [-0.25, -0.2) is 0 Å². The number of fused-ring (bicyclic) bond motifs is 5. The van der Waals surface area contributed by atoms with E-state index in [0.717, 1.165) is 24.2 Å². The summed E-state index contributed by atoms with van der Waals surface area (Å²) in [6.07, 6.45) is 6.53. The fourth-order valence-electron chi connectivity index (χ4n) is 4.80. The van der Waals surface area contributed by atoms with Crippen LogP contribution in [0.25, 0.3) is 0 Å². The van der Waals surface area contributed by atoms with E-state index >= 15 is 0 Å². The Labute approximate surface area is 85.3 Å². The highest BCUT2D eigenvalue weighted by atomic mass is 16.3. The van der Waals surface area contributed by atoms with Crippen molar-refractivity contribution in [1.29, 1.82) is 0 Å². The van der Waals surface area contributed by atoms with Crippen molar-refractivity contribution in [3.8, 4) is 0 Å². The van der Waals surface area contributed by atoms with Crippen molar-refractivity contribution in [2.24, 2.45) is 29.1 Å². The molecule has 3 aliphatic carbocycles. The summed E-state index contributed by atoms with van der Waals surface area (Å²) in [5, 5.41) is 19.0. The van der Waals surface area contributed by atoms with Gasteiger partial charge in [0.05, 0.1) is 13.2 Å². The van der Waals surface area contributed by atoms with Gasteiger partial charge in [0.25, 0.3) is 0 Å². The standard InChI is InChI=1S/C12H20O2/c13-6-12(7-14)5-8-4-11(12)10-3-1-2-9(8)10/h8-11,13-14H,1-7H2. The molecule has 4 unspecified atom stereocenters. The molecular weight excluding hydrogens is 176 g/mol. The van der Waals surface area contributed by atoms with Gasteiger partial charge in [0, 0.05) is 5.41 Å². The fraction of sp³-hybridized carbons (Fsp3) is 1.00. The molecule has 0 amide bonds. The lowest BCUT2D eigenvalue weighted by Crippen LogP contribution is -2.41. The molecule has 2 heteroatoms. The fourth-order valence-corrected chi connectivity index (χ4v) is 4.80. The second-order valence-electron chi connectivity index (χ2n) is 5.74. The average molecular weight is 196 g/mol. The topological polar surface area (TPSA) is 40.5 Å². The second kappa shape index (κ2) is 2.96. The smallest absolute Gasteiger partial charge is 0.0512 e. The van der Waals surface area contributed by atoms with Crippen LogP contribution in [0.5, 0.6) is 0 Å². The van der Waals surface area contributed by atoms with Crippen molar-refractivity contribution in [1.82, 2.24) is 0 Å². The molecule has 80 valence electrons. The van der Waals surface area contributed by atoms with E-state index in [1.165, 1.54) is 25.7 Å². The Kier molecular flexibility index (Phi) is 1.94. The van der Waals surface area contributed by atoms with Gasteiger partial charge in [-0.3, -0.25) is 0 Å². The molecule has 0 radical (unpaired) electrons. The third-order valence-electron chi connectivity index (χ3n) is 5.39. The Morgan fingerprint density at radius 3 is 2.50 bits per heavy atom. The highest BCUT2D eigenvalue weighted by Crippen LogP contribution is 2.65. The lowest BCUT2D eigenvalue weighted by Gasteiger charge is -2.40. The third-order valence-corrected chi connectivity index (χ3v) is 5.39. The lowest BCUT2D eigenvalue weighted by molar-refractivity contribution is -0.0232. The summed E-state index contributed by atoms with van der Waals surface area (Å²) >= 11 is 0. The average Bonchev–Trinajstić information content (AvgIpc) is 2.88. The molecule has 0 heterocycles. The number of hydrogen-bond acceptors (Lipinski definition) is 2. The minimum atomic E-state index is -0.101. The van der Waals surface area contributed by atoms with E-state index < -0.39 is 0 Å². The zero-order valence-electron chi connectivity index (χ0n) is 8.65.